The van der Waals surface area contributed by atoms with E-state index in [9.17, 15) is 4.79 Å². The number of carbonyl (C=O) groups is 1. The number of nitriles is 1. The maximum atomic E-state index is 12.5. The number of carbonyl (C=O) groups excluding carboxylic acids is 1. The van der Waals surface area contributed by atoms with Gasteiger partial charge < -0.3 is 9.80 Å². The van der Waals surface area contributed by atoms with E-state index in [1.54, 1.807) is 24.3 Å². The summed E-state index contributed by atoms with van der Waals surface area (Å²) in [4.78, 5) is 16.7. The number of benzene rings is 1. The Kier molecular flexibility index (Phi) is 4.18. The first kappa shape index (κ1) is 13.6. The molecule has 1 aliphatic rings. The second-order valence-electron chi connectivity index (χ2n) is 5.15. The summed E-state index contributed by atoms with van der Waals surface area (Å²) >= 11 is 0. The zero-order valence-electron chi connectivity index (χ0n) is 11.5. The van der Waals surface area contributed by atoms with Crippen LogP contribution in [0.4, 0.5) is 0 Å². The summed E-state index contributed by atoms with van der Waals surface area (Å²) in [5.74, 6) is 0.0623. The summed E-state index contributed by atoms with van der Waals surface area (Å²) in [7, 11) is 2.09. The van der Waals surface area contributed by atoms with E-state index in [4.69, 9.17) is 5.26 Å². The van der Waals surface area contributed by atoms with Gasteiger partial charge in [0.2, 0.25) is 0 Å². The van der Waals surface area contributed by atoms with Crippen molar-refractivity contribution in [3.63, 3.8) is 0 Å². The molecule has 1 atom stereocenters. The van der Waals surface area contributed by atoms with Crippen molar-refractivity contribution in [2.24, 2.45) is 0 Å². The van der Waals surface area contributed by atoms with Gasteiger partial charge in [0.15, 0.2) is 0 Å². The van der Waals surface area contributed by atoms with Crippen LogP contribution in [-0.2, 0) is 0 Å². The Morgan fingerprint density at radius 3 is 2.63 bits per heavy atom. The number of hydrogen-bond donors (Lipinski definition) is 0. The van der Waals surface area contributed by atoms with Gasteiger partial charge in [0.1, 0.15) is 0 Å². The van der Waals surface area contributed by atoms with Gasteiger partial charge in [-0.15, -0.1) is 0 Å². The normalized spacial score (nSPS) is 20.7. The van der Waals surface area contributed by atoms with Crippen molar-refractivity contribution in [2.75, 3.05) is 26.7 Å². The van der Waals surface area contributed by atoms with Crippen LogP contribution in [0.3, 0.4) is 0 Å². The van der Waals surface area contributed by atoms with Gasteiger partial charge in [0.05, 0.1) is 11.6 Å². The van der Waals surface area contributed by atoms with Crippen LogP contribution < -0.4 is 0 Å². The molecule has 1 aromatic carbocycles. The zero-order valence-corrected chi connectivity index (χ0v) is 11.5. The van der Waals surface area contributed by atoms with E-state index in [1.165, 1.54) is 0 Å². The molecule has 0 spiro atoms. The van der Waals surface area contributed by atoms with Gasteiger partial charge >= 0.3 is 0 Å². The summed E-state index contributed by atoms with van der Waals surface area (Å²) in [6, 6.07) is 9.15. The average Bonchev–Trinajstić information content (AvgIpc) is 2.58. The van der Waals surface area contributed by atoms with Crippen LogP contribution in [0.1, 0.15) is 29.3 Å². The monoisotopic (exact) mass is 257 g/mol. The van der Waals surface area contributed by atoms with Crippen molar-refractivity contribution in [3.05, 3.63) is 35.4 Å². The maximum Gasteiger partial charge on any atom is 0.254 e. The average molecular weight is 257 g/mol. The fourth-order valence-electron chi connectivity index (χ4n) is 2.53. The molecule has 4 nitrogen and oxygen atoms in total. The summed E-state index contributed by atoms with van der Waals surface area (Å²) in [6.45, 7) is 4.82. The molecule has 2 rings (SSSR count). The zero-order chi connectivity index (χ0) is 13.8. The molecular weight excluding hydrogens is 238 g/mol. The summed E-state index contributed by atoms with van der Waals surface area (Å²) in [5, 5.41) is 8.77. The van der Waals surface area contributed by atoms with Crippen molar-refractivity contribution >= 4 is 5.91 Å². The lowest BCUT2D eigenvalue weighted by Gasteiger charge is -2.28. The van der Waals surface area contributed by atoms with Crippen molar-refractivity contribution in [1.29, 1.82) is 5.26 Å². The second kappa shape index (κ2) is 5.85. The Bertz CT molecular complexity index is 489. The topological polar surface area (TPSA) is 47.3 Å². The molecule has 0 N–H and O–H groups in total. The van der Waals surface area contributed by atoms with Gasteiger partial charge in [-0.2, -0.15) is 5.26 Å². The van der Waals surface area contributed by atoms with Gasteiger partial charge in [-0.3, -0.25) is 4.79 Å². The Hall–Kier alpha value is -1.86. The molecule has 1 aliphatic heterocycles. The Labute approximate surface area is 114 Å². The lowest BCUT2D eigenvalue weighted by Crippen LogP contribution is -2.41. The quantitative estimate of drug-likeness (QED) is 0.769. The van der Waals surface area contributed by atoms with Crippen LogP contribution in [0.2, 0.25) is 0 Å². The van der Waals surface area contributed by atoms with E-state index in [2.05, 4.69) is 24.9 Å². The highest BCUT2D eigenvalue weighted by atomic mass is 16.2. The first-order valence-electron chi connectivity index (χ1n) is 6.61. The number of rotatable bonds is 1. The Morgan fingerprint density at radius 1 is 1.32 bits per heavy atom. The number of likely N-dealkylation sites (N-methyl/N-ethyl adjacent to an activating group) is 1. The van der Waals surface area contributed by atoms with Crippen molar-refractivity contribution in [2.45, 2.75) is 19.4 Å². The molecule has 1 fully saturated rings. The summed E-state index contributed by atoms with van der Waals surface area (Å²) in [6.07, 6.45) is 1.00. The highest BCUT2D eigenvalue weighted by Crippen LogP contribution is 2.14. The SMILES string of the molecule is CC1CN(C)CCCN1C(=O)c1ccc(C#N)cc1. The molecule has 1 unspecified atom stereocenters. The molecule has 1 aromatic rings. The smallest absolute Gasteiger partial charge is 0.254 e. The van der Waals surface area contributed by atoms with Gasteiger partial charge in [0.25, 0.3) is 5.91 Å². The second-order valence-corrected chi connectivity index (χ2v) is 5.15. The third-order valence-corrected chi connectivity index (χ3v) is 3.57. The number of hydrogen-bond acceptors (Lipinski definition) is 3. The predicted molar refractivity (Wildman–Crippen MR) is 73.8 cm³/mol. The van der Waals surface area contributed by atoms with Gasteiger partial charge in [-0.1, -0.05) is 0 Å². The standard InChI is InChI=1S/C15H19N3O/c1-12-11-17(2)8-3-9-18(12)15(19)14-6-4-13(10-16)5-7-14/h4-7,12H,3,8-9,11H2,1-2H3. The van der Waals surface area contributed by atoms with E-state index >= 15 is 0 Å². The molecule has 19 heavy (non-hydrogen) atoms. The third kappa shape index (κ3) is 3.12. The molecule has 4 heteroatoms. The van der Waals surface area contributed by atoms with Crippen LogP contribution in [0.15, 0.2) is 24.3 Å². The van der Waals surface area contributed by atoms with E-state index in [-0.39, 0.29) is 11.9 Å². The lowest BCUT2D eigenvalue weighted by molar-refractivity contribution is 0.0696. The molecule has 1 amide bonds. The third-order valence-electron chi connectivity index (χ3n) is 3.57. The van der Waals surface area contributed by atoms with Crippen molar-refractivity contribution in [1.82, 2.24) is 9.80 Å². The minimum absolute atomic E-state index is 0.0623. The fraction of sp³-hybridized carbons (Fsp3) is 0.467. The van der Waals surface area contributed by atoms with Crippen LogP contribution in [0.25, 0.3) is 0 Å². The molecule has 0 radical (unpaired) electrons. The van der Waals surface area contributed by atoms with Gasteiger partial charge in [-0.25, -0.2) is 0 Å². The molecule has 0 bridgehead atoms. The summed E-state index contributed by atoms with van der Waals surface area (Å²) in [5.41, 5.74) is 1.25. The Balaban J connectivity index is 2.15. The highest BCUT2D eigenvalue weighted by molar-refractivity contribution is 5.94. The fourth-order valence-corrected chi connectivity index (χ4v) is 2.53. The van der Waals surface area contributed by atoms with Crippen LogP contribution in [0.5, 0.6) is 0 Å². The lowest BCUT2D eigenvalue weighted by atomic mass is 10.1. The molecule has 100 valence electrons. The molecule has 0 aliphatic carbocycles. The molecule has 0 saturated carbocycles. The van der Waals surface area contributed by atoms with Gasteiger partial charge in [0, 0.05) is 24.7 Å². The molecule has 1 saturated heterocycles. The Morgan fingerprint density at radius 2 is 2.00 bits per heavy atom. The van der Waals surface area contributed by atoms with E-state index in [1.807, 2.05) is 4.90 Å². The molecule has 1 heterocycles. The highest BCUT2D eigenvalue weighted by Gasteiger charge is 2.24. The number of amides is 1. The first-order chi connectivity index (χ1) is 9.11. The van der Waals surface area contributed by atoms with Crippen LogP contribution in [-0.4, -0.2) is 48.4 Å². The van der Waals surface area contributed by atoms with Crippen LogP contribution >= 0.6 is 0 Å². The first-order valence-corrected chi connectivity index (χ1v) is 6.61. The van der Waals surface area contributed by atoms with E-state index in [0.717, 1.165) is 26.1 Å². The molecule has 0 aromatic heterocycles. The predicted octanol–water partition coefficient (Wildman–Crippen LogP) is 1.72. The maximum absolute atomic E-state index is 12.5. The summed E-state index contributed by atoms with van der Waals surface area (Å²) < 4.78 is 0. The van der Waals surface area contributed by atoms with E-state index < -0.39 is 0 Å². The minimum Gasteiger partial charge on any atom is -0.335 e. The van der Waals surface area contributed by atoms with E-state index in [0.29, 0.717) is 11.1 Å². The molecular formula is C15H19N3O. The minimum atomic E-state index is 0.0623. The van der Waals surface area contributed by atoms with Crippen LogP contribution in [0, 0.1) is 11.3 Å². The number of nitrogens with zero attached hydrogens (tertiary/aromatic N) is 3. The van der Waals surface area contributed by atoms with Gasteiger partial charge in [-0.05, 0) is 51.2 Å². The largest absolute Gasteiger partial charge is 0.335 e. The van der Waals surface area contributed by atoms with Crippen molar-refractivity contribution < 1.29 is 4.79 Å². The van der Waals surface area contributed by atoms with Crippen molar-refractivity contribution in [3.8, 4) is 6.07 Å².